The Bertz CT molecular complexity index is 1110. The third-order valence-electron chi connectivity index (χ3n) is 4.27. The minimum absolute atomic E-state index is 0.0786. The Hall–Kier alpha value is -2.41. The predicted octanol–water partition coefficient (Wildman–Crippen LogP) is 1.75. The van der Waals surface area contributed by atoms with Crippen LogP contribution < -0.4 is 24.8 Å². The van der Waals surface area contributed by atoms with E-state index in [4.69, 9.17) is 9.47 Å². The summed E-state index contributed by atoms with van der Waals surface area (Å²) < 4.78 is 13.4. The lowest BCUT2D eigenvalue weighted by Gasteiger charge is -2.04. The second-order valence-electron chi connectivity index (χ2n) is 6.35. The Balaban J connectivity index is 2.71. The van der Waals surface area contributed by atoms with E-state index in [0.29, 0.717) is 27.1 Å². The lowest BCUT2D eigenvalue weighted by atomic mass is 10.2. The fourth-order valence-corrected chi connectivity index (χ4v) is 4.21. The number of thiazole rings is 1. The van der Waals surface area contributed by atoms with Gasteiger partial charge in [0.25, 0.3) is 11.5 Å². The summed E-state index contributed by atoms with van der Waals surface area (Å²) in [5.74, 6) is 0.128. The molecule has 0 atom stereocenters. The van der Waals surface area contributed by atoms with Crippen molar-refractivity contribution in [1.29, 1.82) is 5.26 Å². The predicted molar refractivity (Wildman–Crippen MR) is 121 cm³/mol. The van der Waals surface area contributed by atoms with E-state index in [1.165, 1.54) is 11.7 Å². The summed E-state index contributed by atoms with van der Waals surface area (Å²) in [5, 5.41) is 12.4. The quantitative estimate of drug-likeness (QED) is 0.537. The summed E-state index contributed by atoms with van der Waals surface area (Å²) in [4.78, 5) is 25.6. The molecule has 1 N–H and O–H groups in total. The molecule has 9 heteroatoms. The van der Waals surface area contributed by atoms with Crippen LogP contribution in [0.2, 0.25) is 0 Å². The van der Waals surface area contributed by atoms with Crippen LogP contribution in [0.3, 0.4) is 0 Å². The highest BCUT2D eigenvalue weighted by Gasteiger charge is 2.16. The molecule has 0 saturated heterocycles. The van der Waals surface area contributed by atoms with Crippen molar-refractivity contribution >= 4 is 44.8 Å². The zero-order valence-electron chi connectivity index (χ0n) is 17.2. The highest BCUT2D eigenvalue weighted by molar-refractivity contribution is 9.10. The molecule has 0 aliphatic carbocycles. The second-order valence-corrected chi connectivity index (χ2v) is 8.29. The number of methoxy groups -OCH3 is 2. The van der Waals surface area contributed by atoms with Gasteiger partial charge in [-0.15, -0.1) is 11.3 Å². The van der Waals surface area contributed by atoms with Crippen LogP contribution in [0.1, 0.15) is 25.3 Å². The molecule has 0 saturated carbocycles. The Morgan fingerprint density at radius 1 is 1.40 bits per heavy atom. The monoisotopic (exact) mass is 493 g/mol. The molecule has 1 aromatic carbocycles. The molecule has 1 heterocycles. The van der Waals surface area contributed by atoms with Gasteiger partial charge in [-0.3, -0.25) is 14.2 Å². The average molecular weight is 494 g/mol. The van der Waals surface area contributed by atoms with Crippen LogP contribution in [0.15, 0.2) is 27.5 Å². The van der Waals surface area contributed by atoms with Crippen LogP contribution >= 0.6 is 27.3 Å². The zero-order valence-corrected chi connectivity index (χ0v) is 19.6. The number of halogens is 1. The number of hydrogen-bond acceptors (Lipinski definition) is 6. The number of nitriles is 1. The van der Waals surface area contributed by atoms with Crippen molar-refractivity contribution in [2.75, 3.05) is 27.4 Å². The second kappa shape index (κ2) is 11.7. The van der Waals surface area contributed by atoms with Crippen molar-refractivity contribution in [3.63, 3.8) is 0 Å². The summed E-state index contributed by atoms with van der Waals surface area (Å²) in [6.07, 6.45) is 3.44. The topological polar surface area (TPSA) is 93.4 Å². The number of carbonyl (C=O) groups is 1. The van der Waals surface area contributed by atoms with Crippen molar-refractivity contribution in [3.05, 3.63) is 47.8 Å². The molecule has 1 amide bonds. The molecule has 0 aliphatic rings. The van der Waals surface area contributed by atoms with E-state index in [1.807, 2.05) is 25.1 Å². The van der Waals surface area contributed by atoms with Crippen LogP contribution in [-0.4, -0.2) is 37.8 Å². The number of nitrogens with zero attached hydrogens (tertiary/aromatic N) is 2. The number of rotatable bonds is 9. The smallest absolute Gasteiger partial charge is 0.269 e. The van der Waals surface area contributed by atoms with E-state index in [2.05, 4.69) is 21.2 Å². The van der Waals surface area contributed by atoms with Crippen molar-refractivity contribution in [2.24, 2.45) is 0 Å². The Kier molecular flexibility index (Phi) is 9.30. The summed E-state index contributed by atoms with van der Waals surface area (Å²) in [5.41, 5.74) is 0.343. The number of aromatic nitrogens is 1. The van der Waals surface area contributed by atoms with Crippen LogP contribution in [0.5, 0.6) is 5.75 Å². The first-order valence-electron chi connectivity index (χ1n) is 9.43. The van der Waals surface area contributed by atoms with Crippen LogP contribution in [0, 0.1) is 11.3 Å². The van der Waals surface area contributed by atoms with E-state index >= 15 is 0 Å². The maximum absolute atomic E-state index is 13.1. The maximum Gasteiger partial charge on any atom is 0.269 e. The lowest BCUT2D eigenvalue weighted by molar-refractivity contribution is -0.115. The summed E-state index contributed by atoms with van der Waals surface area (Å²) in [6.45, 7) is 3.00. The molecular formula is C21H24BrN3O4S. The van der Waals surface area contributed by atoms with E-state index in [-0.39, 0.29) is 24.3 Å². The molecule has 30 heavy (non-hydrogen) atoms. The molecular weight excluding hydrogens is 470 g/mol. The van der Waals surface area contributed by atoms with Gasteiger partial charge in [-0.2, -0.15) is 5.26 Å². The van der Waals surface area contributed by atoms with Gasteiger partial charge in [0, 0.05) is 23.7 Å². The highest BCUT2D eigenvalue weighted by atomic mass is 79.9. The largest absolute Gasteiger partial charge is 0.496 e. The Morgan fingerprint density at radius 2 is 2.17 bits per heavy atom. The van der Waals surface area contributed by atoms with Crippen LogP contribution in [0.4, 0.5) is 0 Å². The number of hydrogen-bond donors (Lipinski definition) is 1. The van der Waals surface area contributed by atoms with Gasteiger partial charge in [-0.05, 0) is 30.7 Å². The first-order chi connectivity index (χ1) is 14.5. The fraction of sp³-hybridized carbons (Fsp3) is 0.381. The molecule has 0 unspecified atom stereocenters. The molecule has 1 aromatic heterocycles. The van der Waals surface area contributed by atoms with Crippen molar-refractivity contribution in [3.8, 4) is 11.8 Å². The molecule has 2 aromatic rings. The highest BCUT2D eigenvalue weighted by Crippen LogP contribution is 2.23. The van der Waals surface area contributed by atoms with Crippen molar-refractivity contribution in [1.82, 2.24) is 9.88 Å². The standard InChI is InChI=1S/C21H24BrN3O4S/c1-4-5-8-24-19(26)16(13-23)21-25(9-10-28-2)20(27)18(30-21)12-14-11-15(22)6-7-17(14)29-3/h6-7,11-12H,4-5,8-10H2,1-3H3,(H,24,26)/b18-12-,21-16-. The van der Waals surface area contributed by atoms with Gasteiger partial charge < -0.3 is 14.8 Å². The van der Waals surface area contributed by atoms with Crippen molar-refractivity contribution in [2.45, 2.75) is 26.3 Å². The summed E-state index contributed by atoms with van der Waals surface area (Å²) in [7, 11) is 3.09. The molecule has 7 nitrogen and oxygen atoms in total. The van der Waals surface area contributed by atoms with Gasteiger partial charge >= 0.3 is 0 Å². The van der Waals surface area contributed by atoms with E-state index < -0.39 is 5.91 Å². The average Bonchev–Trinajstić information content (AvgIpc) is 3.02. The molecule has 160 valence electrons. The number of carbonyl (C=O) groups excluding carboxylic acids is 1. The van der Waals surface area contributed by atoms with E-state index in [9.17, 15) is 14.9 Å². The molecule has 0 radical (unpaired) electrons. The van der Waals surface area contributed by atoms with Gasteiger partial charge in [0.05, 0.1) is 24.8 Å². The molecule has 0 fully saturated rings. The van der Waals surface area contributed by atoms with Gasteiger partial charge in [-0.1, -0.05) is 29.3 Å². The van der Waals surface area contributed by atoms with E-state index in [1.54, 1.807) is 19.3 Å². The number of amides is 1. The minimum atomic E-state index is -0.482. The Morgan fingerprint density at radius 3 is 2.80 bits per heavy atom. The molecule has 2 rings (SSSR count). The molecule has 0 aliphatic heterocycles. The van der Waals surface area contributed by atoms with Gasteiger partial charge in [0.2, 0.25) is 0 Å². The number of nitrogens with one attached hydrogen (secondary N) is 1. The van der Waals surface area contributed by atoms with Crippen LogP contribution in [-0.2, 0) is 16.1 Å². The number of benzene rings is 1. The fourth-order valence-electron chi connectivity index (χ4n) is 2.71. The van der Waals surface area contributed by atoms with Crippen LogP contribution in [0.25, 0.3) is 11.6 Å². The SMILES string of the molecule is CCCCNC(=O)/C(C#N)=c1\s/c(=C\c2cc(Br)ccc2OC)c(=O)n1CCOC. The lowest BCUT2D eigenvalue weighted by Crippen LogP contribution is -2.36. The zero-order chi connectivity index (χ0) is 22.1. The number of unbranched alkanes of at least 4 members (excludes halogenated alkanes) is 1. The first kappa shape index (κ1) is 23.9. The van der Waals surface area contributed by atoms with Crippen molar-refractivity contribution < 1.29 is 14.3 Å². The van der Waals surface area contributed by atoms with Gasteiger partial charge in [0.15, 0.2) is 5.57 Å². The molecule has 0 spiro atoms. The number of ether oxygens (including phenoxy) is 2. The van der Waals surface area contributed by atoms with E-state index in [0.717, 1.165) is 28.7 Å². The third-order valence-corrected chi connectivity index (χ3v) is 5.90. The summed E-state index contributed by atoms with van der Waals surface area (Å²) >= 11 is 4.53. The maximum atomic E-state index is 13.1. The first-order valence-corrected chi connectivity index (χ1v) is 11.0. The van der Waals surface area contributed by atoms with Gasteiger partial charge in [0.1, 0.15) is 16.5 Å². The molecule has 0 bridgehead atoms. The normalized spacial score (nSPS) is 12.4. The minimum Gasteiger partial charge on any atom is -0.496 e. The third kappa shape index (κ3) is 5.81. The Labute approximate surface area is 187 Å². The van der Waals surface area contributed by atoms with Gasteiger partial charge in [-0.25, -0.2) is 0 Å². The summed E-state index contributed by atoms with van der Waals surface area (Å²) in [6, 6.07) is 7.44.